The summed E-state index contributed by atoms with van der Waals surface area (Å²) >= 11 is 0. The van der Waals surface area contributed by atoms with E-state index in [-0.39, 0.29) is 10.8 Å². The fourth-order valence-electron chi connectivity index (χ4n) is 3.02. The van der Waals surface area contributed by atoms with Crippen molar-refractivity contribution in [2.75, 3.05) is 0 Å². The molecule has 0 bridgehead atoms. The first-order valence-corrected chi connectivity index (χ1v) is 8.15. The van der Waals surface area contributed by atoms with Gasteiger partial charge in [-0.25, -0.2) is 0 Å². The van der Waals surface area contributed by atoms with Crippen LogP contribution >= 0.6 is 10.8 Å². The Bertz CT molecular complexity index is 1060. The molecule has 21 heavy (non-hydrogen) atoms. The highest BCUT2D eigenvalue weighted by Gasteiger charge is 2.26. The average molecular weight is 288 g/mol. The van der Waals surface area contributed by atoms with Crippen LogP contribution in [0.3, 0.4) is 0 Å². The molecule has 0 aromatic heterocycles. The van der Waals surface area contributed by atoms with Crippen molar-refractivity contribution >= 4 is 32.5 Å². The lowest BCUT2D eigenvalue weighted by Crippen LogP contribution is -2.04. The molecule has 0 saturated heterocycles. The monoisotopic (exact) mass is 288 g/mol. The minimum Gasteiger partial charge on any atom is -0.428 e. The molecular formula is C19H12OS. The summed E-state index contributed by atoms with van der Waals surface area (Å²) in [5.74, 6) is 1.03. The molecule has 2 heterocycles. The first-order valence-electron chi connectivity index (χ1n) is 7.01. The van der Waals surface area contributed by atoms with Crippen LogP contribution in [0.1, 0.15) is 5.56 Å². The zero-order valence-electron chi connectivity index (χ0n) is 11.2. The minimum absolute atomic E-state index is 0.283. The van der Waals surface area contributed by atoms with Gasteiger partial charge >= 0.3 is 0 Å². The van der Waals surface area contributed by atoms with Crippen molar-refractivity contribution in [2.45, 2.75) is 0 Å². The summed E-state index contributed by atoms with van der Waals surface area (Å²) in [6.45, 7) is 0. The molecule has 0 amide bonds. The summed E-state index contributed by atoms with van der Waals surface area (Å²) in [5.41, 5.74) is 1.24. The molecule has 2 aliphatic heterocycles. The fourth-order valence-corrected chi connectivity index (χ4v) is 4.89. The van der Waals surface area contributed by atoms with Crippen LogP contribution in [-0.2, 0) is 0 Å². The van der Waals surface area contributed by atoms with Crippen molar-refractivity contribution in [3.05, 3.63) is 82.0 Å². The Morgan fingerprint density at radius 1 is 0.762 bits per heavy atom. The van der Waals surface area contributed by atoms with Gasteiger partial charge in [0.05, 0.1) is 4.91 Å². The van der Waals surface area contributed by atoms with Crippen LogP contribution in [0.25, 0.3) is 21.8 Å². The number of benzene rings is 3. The molecule has 0 fully saturated rings. The number of allylic oxidation sites excluding steroid dienone is 1. The van der Waals surface area contributed by atoms with E-state index in [4.69, 9.17) is 4.18 Å². The largest absolute Gasteiger partial charge is 0.428 e. The maximum Gasteiger partial charge on any atom is 0.153 e. The van der Waals surface area contributed by atoms with Gasteiger partial charge < -0.3 is 4.18 Å². The predicted octanol–water partition coefficient (Wildman–Crippen LogP) is 4.50. The Kier molecular flexibility index (Phi) is 2.21. The standard InChI is InChI=1S/C19H12OS/c1-3-7-15-13(5-1)9-11-16-18-12-10-14-6-2-4-8-17(14)21(18)20-19(15)16/h1-12H. The molecule has 0 spiro atoms. The van der Waals surface area contributed by atoms with Gasteiger partial charge in [0.2, 0.25) is 0 Å². The Hall–Kier alpha value is -2.32. The molecule has 0 saturated carbocycles. The van der Waals surface area contributed by atoms with Crippen LogP contribution in [0.5, 0.6) is 5.75 Å². The number of rotatable bonds is 0. The molecule has 1 nitrogen and oxygen atoms in total. The van der Waals surface area contributed by atoms with Crippen molar-refractivity contribution in [2.24, 2.45) is 0 Å². The molecule has 2 heteroatoms. The van der Waals surface area contributed by atoms with E-state index < -0.39 is 0 Å². The van der Waals surface area contributed by atoms with E-state index in [1.54, 1.807) is 0 Å². The van der Waals surface area contributed by atoms with Crippen molar-refractivity contribution in [1.82, 2.24) is 0 Å². The second-order valence-corrected chi connectivity index (χ2v) is 6.83. The molecule has 100 valence electrons. The van der Waals surface area contributed by atoms with Crippen LogP contribution in [0.4, 0.5) is 0 Å². The van der Waals surface area contributed by atoms with Crippen molar-refractivity contribution in [1.29, 1.82) is 0 Å². The zero-order chi connectivity index (χ0) is 13.8. The topological polar surface area (TPSA) is 9.23 Å². The van der Waals surface area contributed by atoms with E-state index in [2.05, 4.69) is 72.8 Å². The second kappa shape index (κ2) is 4.09. The molecule has 0 N–H and O–H groups in total. The average Bonchev–Trinajstić information content (AvgIpc) is 2.94. The Balaban J connectivity index is 1.90. The predicted molar refractivity (Wildman–Crippen MR) is 89.5 cm³/mol. The Morgan fingerprint density at radius 2 is 1.62 bits per heavy atom. The molecule has 1 unspecified atom stereocenters. The van der Waals surface area contributed by atoms with Gasteiger partial charge in [-0.15, -0.1) is 0 Å². The Morgan fingerprint density at radius 3 is 2.62 bits per heavy atom. The summed E-state index contributed by atoms with van der Waals surface area (Å²) in [4.78, 5) is 1.30. The van der Waals surface area contributed by atoms with E-state index in [1.165, 1.54) is 31.0 Å². The zero-order valence-corrected chi connectivity index (χ0v) is 12.1. The smallest absolute Gasteiger partial charge is 0.153 e. The van der Waals surface area contributed by atoms with Crippen molar-refractivity contribution in [3.8, 4) is 5.75 Å². The molecule has 0 radical (unpaired) electrons. The number of hydrogen-bond acceptors (Lipinski definition) is 1. The van der Waals surface area contributed by atoms with Gasteiger partial charge in [0, 0.05) is 26.2 Å². The summed E-state index contributed by atoms with van der Waals surface area (Å²) in [6, 6.07) is 21.3. The van der Waals surface area contributed by atoms with Crippen LogP contribution in [0, 0.1) is 4.51 Å². The lowest BCUT2D eigenvalue weighted by Gasteiger charge is -2.06. The summed E-state index contributed by atoms with van der Waals surface area (Å²) in [6.07, 6.45) is 4.41. The minimum atomic E-state index is -0.283. The summed E-state index contributed by atoms with van der Waals surface area (Å²) < 4.78 is 7.68. The van der Waals surface area contributed by atoms with Crippen LogP contribution in [0.15, 0.2) is 66.7 Å². The highest BCUT2D eigenvalue weighted by atomic mass is 32.2. The Labute approximate surface area is 124 Å². The third-order valence-corrected chi connectivity index (χ3v) is 5.90. The number of fused-ring (bicyclic) bond motifs is 6. The van der Waals surface area contributed by atoms with Crippen LogP contribution in [0.2, 0.25) is 0 Å². The molecule has 1 atom stereocenters. The van der Waals surface area contributed by atoms with E-state index in [9.17, 15) is 0 Å². The van der Waals surface area contributed by atoms with Crippen LogP contribution < -0.4 is 9.40 Å². The molecule has 3 aromatic rings. The highest BCUT2D eigenvalue weighted by Crippen LogP contribution is 2.52. The highest BCUT2D eigenvalue weighted by molar-refractivity contribution is 8.14. The second-order valence-electron chi connectivity index (χ2n) is 5.25. The van der Waals surface area contributed by atoms with Gasteiger partial charge in [0.1, 0.15) is 0 Å². The van der Waals surface area contributed by atoms with Crippen molar-refractivity contribution < 1.29 is 4.18 Å². The molecule has 3 aromatic carbocycles. The number of hydrogen-bond donors (Lipinski definition) is 0. The van der Waals surface area contributed by atoms with Gasteiger partial charge in [-0.1, -0.05) is 54.6 Å². The van der Waals surface area contributed by atoms with E-state index in [1.807, 2.05) is 0 Å². The van der Waals surface area contributed by atoms with E-state index >= 15 is 0 Å². The van der Waals surface area contributed by atoms with Gasteiger partial charge in [0.25, 0.3) is 0 Å². The normalized spacial score (nSPS) is 18.1. The van der Waals surface area contributed by atoms with Gasteiger partial charge in [0.15, 0.2) is 5.75 Å². The maximum atomic E-state index is 6.39. The fraction of sp³-hybridized carbons (Fsp3) is 0. The SMILES string of the molecule is C1=C2c3ccc4ccccc4c3OS2=c2ccccc2=C1. The lowest BCUT2D eigenvalue weighted by molar-refractivity contribution is 0.664. The molecular weight excluding hydrogens is 276 g/mol. The van der Waals surface area contributed by atoms with Gasteiger partial charge in [-0.2, -0.15) is 0 Å². The molecule has 2 aliphatic rings. The third-order valence-electron chi connectivity index (χ3n) is 4.04. The van der Waals surface area contributed by atoms with Gasteiger partial charge in [-0.05, 0) is 28.8 Å². The summed E-state index contributed by atoms with van der Waals surface area (Å²) in [5, 5.41) is 3.70. The first kappa shape index (κ1) is 11.4. The lowest BCUT2D eigenvalue weighted by atomic mass is 10.0. The molecule has 0 aliphatic carbocycles. The molecule has 5 rings (SSSR count). The maximum absolute atomic E-state index is 6.39. The van der Waals surface area contributed by atoms with E-state index in [0.717, 1.165) is 5.75 Å². The van der Waals surface area contributed by atoms with Crippen LogP contribution in [-0.4, -0.2) is 0 Å². The first-order chi connectivity index (χ1) is 10.4. The quantitative estimate of drug-likeness (QED) is 0.553. The van der Waals surface area contributed by atoms with Gasteiger partial charge in [-0.3, -0.25) is 0 Å². The third kappa shape index (κ3) is 1.51. The van der Waals surface area contributed by atoms with E-state index in [0.29, 0.717) is 0 Å². The summed E-state index contributed by atoms with van der Waals surface area (Å²) in [7, 11) is -0.283. The van der Waals surface area contributed by atoms with Crippen molar-refractivity contribution in [3.63, 3.8) is 0 Å².